The lowest BCUT2D eigenvalue weighted by Gasteiger charge is -2.25. The average Bonchev–Trinajstić information content (AvgIpc) is 3.01. The molecule has 0 aliphatic carbocycles. The number of hydrogen-bond acceptors (Lipinski definition) is 6. The molecule has 0 fully saturated rings. The minimum Gasteiger partial charge on any atom is -0.454 e. The highest BCUT2D eigenvalue weighted by molar-refractivity contribution is 6.22. The Morgan fingerprint density at radius 2 is 1.71 bits per heavy atom. The summed E-state index contributed by atoms with van der Waals surface area (Å²) in [7, 11) is 0. The second-order valence-electron chi connectivity index (χ2n) is 7.52. The van der Waals surface area contributed by atoms with Crippen LogP contribution in [0.1, 0.15) is 46.5 Å². The van der Waals surface area contributed by atoms with Crippen molar-refractivity contribution < 1.29 is 23.9 Å². The van der Waals surface area contributed by atoms with E-state index >= 15 is 0 Å². The van der Waals surface area contributed by atoms with Crippen LogP contribution in [0.3, 0.4) is 0 Å². The molecular formula is C23H21N3O5. The van der Waals surface area contributed by atoms with Gasteiger partial charge in [-0.15, -0.1) is 0 Å². The molecule has 1 aliphatic rings. The number of imide groups is 1. The van der Waals surface area contributed by atoms with Gasteiger partial charge in [0.2, 0.25) is 0 Å². The summed E-state index contributed by atoms with van der Waals surface area (Å²) in [5, 5.41) is 11.5. The van der Waals surface area contributed by atoms with Crippen LogP contribution in [0.5, 0.6) is 0 Å². The van der Waals surface area contributed by atoms with Crippen LogP contribution in [0.15, 0.2) is 48.5 Å². The number of amides is 3. The zero-order chi connectivity index (χ0) is 22.5. The van der Waals surface area contributed by atoms with E-state index in [1.54, 1.807) is 30.3 Å². The number of esters is 1. The van der Waals surface area contributed by atoms with Crippen LogP contribution >= 0.6 is 0 Å². The Kier molecular flexibility index (Phi) is 6.46. The third kappa shape index (κ3) is 4.78. The Bertz CT molecular complexity index is 1050. The van der Waals surface area contributed by atoms with E-state index in [9.17, 15) is 19.2 Å². The number of anilines is 1. The van der Waals surface area contributed by atoms with Crippen molar-refractivity contribution in [3.05, 3.63) is 65.2 Å². The summed E-state index contributed by atoms with van der Waals surface area (Å²) in [6, 6.07) is 13.5. The largest absolute Gasteiger partial charge is 0.454 e. The number of rotatable bonds is 7. The molecule has 1 atom stereocenters. The highest BCUT2D eigenvalue weighted by atomic mass is 16.5. The van der Waals surface area contributed by atoms with Gasteiger partial charge in [-0.2, -0.15) is 5.26 Å². The molecule has 0 saturated carbocycles. The average molecular weight is 419 g/mol. The van der Waals surface area contributed by atoms with E-state index in [2.05, 4.69) is 5.32 Å². The fourth-order valence-electron chi connectivity index (χ4n) is 3.34. The third-order valence-electron chi connectivity index (χ3n) is 4.72. The van der Waals surface area contributed by atoms with Crippen LogP contribution in [0.25, 0.3) is 0 Å². The Hall–Kier alpha value is -3.99. The van der Waals surface area contributed by atoms with Crippen LogP contribution in [0.2, 0.25) is 0 Å². The van der Waals surface area contributed by atoms with Crippen molar-refractivity contribution in [2.45, 2.75) is 26.3 Å². The molecule has 0 bridgehead atoms. The second-order valence-corrected chi connectivity index (χ2v) is 7.52. The van der Waals surface area contributed by atoms with Crippen LogP contribution in [0.4, 0.5) is 5.69 Å². The molecule has 0 aromatic heterocycles. The van der Waals surface area contributed by atoms with Crippen molar-refractivity contribution in [1.82, 2.24) is 4.90 Å². The molecule has 0 spiro atoms. The van der Waals surface area contributed by atoms with Crippen molar-refractivity contribution in [1.29, 1.82) is 5.26 Å². The Labute approximate surface area is 179 Å². The summed E-state index contributed by atoms with van der Waals surface area (Å²) in [6.07, 6.45) is 0.204. The van der Waals surface area contributed by atoms with E-state index in [0.717, 1.165) is 4.90 Å². The van der Waals surface area contributed by atoms with Gasteiger partial charge in [0.1, 0.15) is 6.04 Å². The number of nitriles is 1. The summed E-state index contributed by atoms with van der Waals surface area (Å²) < 4.78 is 5.14. The van der Waals surface area contributed by atoms with Gasteiger partial charge in [0, 0.05) is 5.69 Å². The van der Waals surface area contributed by atoms with E-state index in [0.29, 0.717) is 11.3 Å². The lowest BCUT2D eigenvalue weighted by atomic mass is 10.0. The van der Waals surface area contributed by atoms with E-state index in [4.69, 9.17) is 10.00 Å². The molecule has 2 aromatic rings. The molecule has 0 radical (unpaired) electrons. The van der Waals surface area contributed by atoms with Gasteiger partial charge >= 0.3 is 5.97 Å². The van der Waals surface area contributed by atoms with Gasteiger partial charge in [-0.25, -0.2) is 4.79 Å². The number of hydrogen-bond donors (Lipinski definition) is 1. The smallest absolute Gasteiger partial charge is 0.329 e. The quantitative estimate of drug-likeness (QED) is 0.545. The SMILES string of the molecule is CC(C)C[C@@H](C(=O)OCC(=O)Nc1cccc(C#N)c1)N1C(=O)c2ccccc2C1=O. The lowest BCUT2D eigenvalue weighted by molar-refractivity contribution is -0.151. The highest BCUT2D eigenvalue weighted by Gasteiger charge is 2.43. The summed E-state index contributed by atoms with van der Waals surface area (Å²) in [4.78, 5) is 51.4. The number of carbonyl (C=O) groups is 4. The van der Waals surface area contributed by atoms with E-state index < -0.39 is 36.3 Å². The molecule has 8 heteroatoms. The predicted octanol–water partition coefficient (Wildman–Crippen LogP) is 2.75. The fourth-order valence-corrected chi connectivity index (χ4v) is 3.34. The summed E-state index contributed by atoms with van der Waals surface area (Å²) >= 11 is 0. The van der Waals surface area contributed by atoms with Gasteiger partial charge in [0.25, 0.3) is 17.7 Å². The third-order valence-corrected chi connectivity index (χ3v) is 4.72. The number of nitrogens with zero attached hydrogens (tertiary/aromatic N) is 2. The van der Waals surface area contributed by atoms with Gasteiger partial charge in [-0.05, 0) is 42.7 Å². The van der Waals surface area contributed by atoms with Crippen molar-refractivity contribution >= 4 is 29.4 Å². The van der Waals surface area contributed by atoms with E-state index in [1.165, 1.54) is 18.2 Å². The molecular weight excluding hydrogens is 398 g/mol. The van der Waals surface area contributed by atoms with Gasteiger partial charge in [0.05, 0.1) is 22.8 Å². The second kappa shape index (κ2) is 9.22. The van der Waals surface area contributed by atoms with Gasteiger partial charge < -0.3 is 10.1 Å². The first kappa shape index (κ1) is 21.7. The topological polar surface area (TPSA) is 117 Å². The fraction of sp³-hybridized carbons (Fsp3) is 0.261. The predicted molar refractivity (Wildman–Crippen MR) is 111 cm³/mol. The first-order valence-corrected chi connectivity index (χ1v) is 9.75. The number of fused-ring (bicyclic) bond motifs is 1. The molecule has 1 heterocycles. The first-order chi connectivity index (χ1) is 14.8. The van der Waals surface area contributed by atoms with Gasteiger partial charge in [0.15, 0.2) is 6.61 Å². The molecule has 3 amide bonds. The Morgan fingerprint density at radius 1 is 1.06 bits per heavy atom. The first-order valence-electron chi connectivity index (χ1n) is 9.75. The zero-order valence-electron chi connectivity index (χ0n) is 17.1. The summed E-state index contributed by atoms with van der Waals surface area (Å²) in [5.74, 6) is -2.55. The van der Waals surface area contributed by atoms with Crippen LogP contribution in [0, 0.1) is 17.2 Å². The van der Waals surface area contributed by atoms with Crippen LogP contribution < -0.4 is 5.32 Å². The Morgan fingerprint density at radius 3 is 2.29 bits per heavy atom. The Balaban J connectivity index is 1.69. The number of ether oxygens (including phenoxy) is 1. The normalized spacial score (nSPS) is 13.5. The van der Waals surface area contributed by atoms with Gasteiger partial charge in [-0.1, -0.05) is 32.0 Å². The maximum Gasteiger partial charge on any atom is 0.329 e. The van der Waals surface area contributed by atoms with Crippen molar-refractivity contribution in [3.8, 4) is 6.07 Å². The highest BCUT2D eigenvalue weighted by Crippen LogP contribution is 2.27. The van der Waals surface area contributed by atoms with Crippen molar-refractivity contribution in [2.24, 2.45) is 5.92 Å². The maximum absolute atomic E-state index is 12.8. The molecule has 1 N–H and O–H groups in total. The molecule has 158 valence electrons. The lowest BCUT2D eigenvalue weighted by Crippen LogP contribution is -2.46. The molecule has 31 heavy (non-hydrogen) atoms. The number of carbonyl (C=O) groups excluding carboxylic acids is 4. The summed E-state index contributed by atoms with van der Waals surface area (Å²) in [6.45, 7) is 3.12. The molecule has 3 rings (SSSR count). The number of nitrogens with one attached hydrogen (secondary N) is 1. The molecule has 1 aliphatic heterocycles. The van der Waals surface area contributed by atoms with Crippen molar-refractivity contribution in [3.63, 3.8) is 0 Å². The molecule has 2 aromatic carbocycles. The molecule has 8 nitrogen and oxygen atoms in total. The van der Waals surface area contributed by atoms with Crippen LogP contribution in [-0.2, 0) is 14.3 Å². The monoisotopic (exact) mass is 419 g/mol. The van der Waals surface area contributed by atoms with Crippen molar-refractivity contribution in [2.75, 3.05) is 11.9 Å². The maximum atomic E-state index is 12.8. The van der Waals surface area contributed by atoms with E-state index in [1.807, 2.05) is 19.9 Å². The standard InChI is InChI=1S/C23H21N3O5/c1-14(2)10-19(26-21(28)17-8-3-4-9-18(17)22(26)29)23(30)31-13-20(27)25-16-7-5-6-15(11-16)12-24/h3-9,11,14,19H,10,13H2,1-2H3,(H,25,27)/t19-/m0/s1. The zero-order valence-corrected chi connectivity index (χ0v) is 17.1. The summed E-state index contributed by atoms with van der Waals surface area (Å²) in [5.41, 5.74) is 1.24. The minimum absolute atomic E-state index is 0.00981. The van der Waals surface area contributed by atoms with Crippen LogP contribution in [-0.4, -0.2) is 41.2 Å². The van der Waals surface area contributed by atoms with Gasteiger partial charge in [-0.3, -0.25) is 19.3 Å². The minimum atomic E-state index is -1.14. The molecule has 0 unspecified atom stereocenters. The van der Waals surface area contributed by atoms with E-state index in [-0.39, 0.29) is 23.5 Å². The molecule has 0 saturated heterocycles. The number of benzene rings is 2.